The zero-order valence-corrected chi connectivity index (χ0v) is 55.5. The third kappa shape index (κ3) is 10.1. The van der Waals surface area contributed by atoms with Crippen LogP contribution >= 0.6 is 0 Å². The number of hydrogen-bond donors (Lipinski definition) is 0. The molecule has 2 heterocycles. The van der Waals surface area contributed by atoms with E-state index in [1.807, 2.05) is 0 Å². The maximum absolute atomic E-state index is 2.68. The van der Waals surface area contributed by atoms with Crippen molar-refractivity contribution in [3.63, 3.8) is 0 Å². The van der Waals surface area contributed by atoms with Crippen LogP contribution in [0.1, 0.15) is 0 Å². The Kier molecular flexibility index (Phi) is 14.7. The average molecular weight is 1280 g/mol. The molecule has 470 valence electrons. The highest BCUT2D eigenvalue weighted by atomic mass is 15.2. The SMILES string of the molecule is c1ccc(-c2ccc3c(c2)B2c4cc(-c5ccccc5)ccc4N(c4c(-c5ccccc5)cccc4-c4ccccc4)c4cc(-c5c6ccccc6c(-c6c(-c7ccccc7)cccc6-c6ccccc6)c6ccccc56)cc(c42)N3c2c(-c3ccccc3)cccc2-c2ccccc2)cc1. The van der Waals surface area contributed by atoms with Crippen LogP contribution < -0.4 is 26.2 Å². The molecule has 0 saturated carbocycles. The van der Waals surface area contributed by atoms with Crippen LogP contribution in [0, 0.1) is 0 Å². The van der Waals surface area contributed by atoms with Crippen LogP contribution in [0.5, 0.6) is 0 Å². The number of hydrogen-bond acceptors (Lipinski definition) is 2. The molecule has 3 heteroatoms. The van der Waals surface area contributed by atoms with Gasteiger partial charge in [-0.25, -0.2) is 0 Å². The van der Waals surface area contributed by atoms with Crippen LogP contribution in [0.4, 0.5) is 34.1 Å². The van der Waals surface area contributed by atoms with E-state index >= 15 is 0 Å². The predicted octanol–water partition coefficient (Wildman–Crippen LogP) is 24.7. The Morgan fingerprint density at radius 3 is 0.752 bits per heavy atom. The van der Waals surface area contributed by atoms with E-state index in [0.29, 0.717) is 0 Å². The third-order valence-electron chi connectivity index (χ3n) is 20.8. The lowest BCUT2D eigenvalue weighted by Crippen LogP contribution is -2.61. The molecule has 0 spiro atoms. The minimum absolute atomic E-state index is 0.256. The lowest BCUT2D eigenvalue weighted by molar-refractivity contribution is 1.25. The standard InChI is InChI=1S/C98H65BN2/c1-9-32-66(33-10-1)74-58-60-89-87(62-74)99-88-63-75(67-34-11-2-12-35-67)59-61-90(88)101(98-81(72-44-21-7-22-45-72)56-31-57-82(98)73-46-23-8-24-47-73)92-65-76(64-91(96(92)99)100(89)97-79(70-40-17-5-18-41-70)54-30-55-80(97)71-42-19-6-20-43-71)93-83-48-25-27-50-85(83)95(86-51-28-26-49-84(86)93)94-77(68-36-13-3-14-37-68)52-29-53-78(94)69-38-15-4-16-39-69/h1-65H. The van der Waals surface area contributed by atoms with Crippen molar-refractivity contribution in [1.82, 2.24) is 0 Å². The average Bonchev–Trinajstić information content (AvgIpc) is 0.687. The first-order chi connectivity index (χ1) is 50.2. The second-order valence-corrected chi connectivity index (χ2v) is 26.5. The van der Waals surface area contributed by atoms with Gasteiger partial charge in [0.2, 0.25) is 0 Å². The zero-order chi connectivity index (χ0) is 66.7. The topological polar surface area (TPSA) is 6.48 Å². The normalized spacial score (nSPS) is 12.1. The second-order valence-electron chi connectivity index (χ2n) is 26.5. The van der Waals surface area contributed by atoms with E-state index in [9.17, 15) is 0 Å². The number of benzene rings is 17. The molecule has 2 aliphatic heterocycles. The first-order valence-corrected chi connectivity index (χ1v) is 35.0. The first-order valence-electron chi connectivity index (χ1n) is 35.0. The Balaban J connectivity index is 1.01. The van der Waals surface area contributed by atoms with E-state index in [-0.39, 0.29) is 6.71 Å². The molecule has 17 aromatic rings. The summed E-state index contributed by atoms with van der Waals surface area (Å²) in [6.07, 6.45) is 0. The van der Waals surface area contributed by atoms with Gasteiger partial charge in [-0.2, -0.15) is 0 Å². The van der Waals surface area contributed by atoms with Crippen molar-refractivity contribution in [3.05, 3.63) is 394 Å². The summed E-state index contributed by atoms with van der Waals surface area (Å²) in [7, 11) is 0. The molecule has 0 amide bonds. The summed E-state index contributed by atoms with van der Waals surface area (Å²) in [5, 5.41) is 4.70. The molecule has 0 bridgehead atoms. The molecule has 0 saturated heterocycles. The summed E-state index contributed by atoms with van der Waals surface area (Å²) in [5.74, 6) is 0. The fraction of sp³-hybridized carbons (Fsp3) is 0. The molecule has 0 fully saturated rings. The van der Waals surface area contributed by atoms with Crippen molar-refractivity contribution in [1.29, 1.82) is 0 Å². The predicted molar refractivity (Wildman–Crippen MR) is 430 cm³/mol. The van der Waals surface area contributed by atoms with Crippen molar-refractivity contribution in [3.8, 4) is 111 Å². The summed E-state index contributed by atoms with van der Waals surface area (Å²) < 4.78 is 0. The van der Waals surface area contributed by atoms with Crippen molar-refractivity contribution >= 4 is 78.8 Å². The van der Waals surface area contributed by atoms with Gasteiger partial charge in [0.15, 0.2) is 0 Å². The highest BCUT2D eigenvalue weighted by Gasteiger charge is 2.46. The number of fused-ring (bicyclic) bond motifs is 6. The number of anilines is 6. The Morgan fingerprint density at radius 1 is 0.168 bits per heavy atom. The molecular weight excluding hydrogens is 1220 g/mol. The van der Waals surface area contributed by atoms with Crippen LogP contribution in [-0.2, 0) is 0 Å². The minimum atomic E-state index is -0.256. The highest BCUT2D eigenvalue weighted by molar-refractivity contribution is 7.00. The largest absolute Gasteiger partial charge is 0.310 e. The number of para-hydroxylation sites is 2. The van der Waals surface area contributed by atoms with E-state index in [2.05, 4.69) is 404 Å². The van der Waals surface area contributed by atoms with Gasteiger partial charge in [0, 0.05) is 45.0 Å². The summed E-state index contributed by atoms with van der Waals surface area (Å²) >= 11 is 0. The van der Waals surface area contributed by atoms with Gasteiger partial charge < -0.3 is 9.80 Å². The highest BCUT2D eigenvalue weighted by Crippen LogP contribution is 2.56. The molecule has 2 aliphatic rings. The molecule has 0 unspecified atom stereocenters. The Morgan fingerprint density at radius 2 is 0.436 bits per heavy atom. The van der Waals surface area contributed by atoms with Gasteiger partial charge in [-0.05, 0) is 151 Å². The van der Waals surface area contributed by atoms with Crippen molar-refractivity contribution in [2.24, 2.45) is 0 Å². The molecule has 17 aromatic carbocycles. The summed E-state index contributed by atoms with van der Waals surface area (Å²) in [5.41, 5.74) is 33.5. The first kappa shape index (κ1) is 59.2. The van der Waals surface area contributed by atoms with E-state index in [1.165, 1.54) is 88.0 Å². The van der Waals surface area contributed by atoms with E-state index in [4.69, 9.17) is 0 Å². The van der Waals surface area contributed by atoms with Gasteiger partial charge in [-0.3, -0.25) is 0 Å². The molecule has 101 heavy (non-hydrogen) atoms. The van der Waals surface area contributed by atoms with Gasteiger partial charge >= 0.3 is 0 Å². The summed E-state index contributed by atoms with van der Waals surface area (Å²) in [6.45, 7) is -0.256. The van der Waals surface area contributed by atoms with Crippen molar-refractivity contribution in [2.75, 3.05) is 9.80 Å². The van der Waals surface area contributed by atoms with Crippen LogP contribution in [0.2, 0.25) is 0 Å². The van der Waals surface area contributed by atoms with Gasteiger partial charge in [-0.1, -0.05) is 370 Å². The Labute approximate surface area is 590 Å². The van der Waals surface area contributed by atoms with Crippen molar-refractivity contribution < 1.29 is 0 Å². The second kappa shape index (κ2) is 25.1. The molecule has 2 nitrogen and oxygen atoms in total. The molecule has 0 N–H and O–H groups in total. The summed E-state index contributed by atoms with van der Waals surface area (Å²) in [4.78, 5) is 5.36. The van der Waals surface area contributed by atoms with Crippen LogP contribution in [0.3, 0.4) is 0 Å². The Hall–Kier alpha value is -13.1. The van der Waals surface area contributed by atoms with Crippen LogP contribution in [-0.4, -0.2) is 6.71 Å². The molecular formula is C98H65BN2. The van der Waals surface area contributed by atoms with E-state index < -0.39 is 0 Å². The fourth-order valence-corrected chi connectivity index (χ4v) is 16.5. The van der Waals surface area contributed by atoms with Gasteiger partial charge in [0.25, 0.3) is 6.71 Å². The fourth-order valence-electron chi connectivity index (χ4n) is 16.5. The molecule has 19 rings (SSSR count). The number of rotatable bonds is 12. The molecule has 0 aromatic heterocycles. The molecule has 0 radical (unpaired) electrons. The quantitative estimate of drug-likeness (QED) is 0.0889. The van der Waals surface area contributed by atoms with E-state index in [0.717, 1.165) is 95.3 Å². The number of nitrogens with zero attached hydrogens (tertiary/aromatic N) is 2. The zero-order valence-electron chi connectivity index (χ0n) is 55.5. The Bertz CT molecular complexity index is 5510. The van der Waals surface area contributed by atoms with Crippen molar-refractivity contribution in [2.45, 2.75) is 0 Å². The third-order valence-corrected chi connectivity index (χ3v) is 20.8. The van der Waals surface area contributed by atoms with E-state index in [1.54, 1.807) is 0 Å². The maximum Gasteiger partial charge on any atom is 0.252 e. The molecule has 0 atom stereocenters. The van der Waals surface area contributed by atoms with Gasteiger partial charge in [-0.15, -0.1) is 0 Å². The lowest BCUT2D eigenvalue weighted by atomic mass is 9.33. The van der Waals surface area contributed by atoms with Crippen LogP contribution in [0.25, 0.3) is 133 Å². The minimum Gasteiger partial charge on any atom is -0.310 e. The maximum atomic E-state index is 2.68. The van der Waals surface area contributed by atoms with Gasteiger partial charge in [0.05, 0.1) is 11.4 Å². The van der Waals surface area contributed by atoms with Crippen LogP contribution in [0.15, 0.2) is 394 Å². The van der Waals surface area contributed by atoms with Gasteiger partial charge in [0.1, 0.15) is 0 Å². The molecule has 0 aliphatic carbocycles. The monoisotopic (exact) mass is 1280 g/mol. The summed E-state index contributed by atoms with van der Waals surface area (Å²) in [6, 6.07) is 147. The smallest absolute Gasteiger partial charge is 0.252 e. The lowest BCUT2D eigenvalue weighted by Gasteiger charge is -2.46.